The Hall–Kier alpha value is -2.86. The summed E-state index contributed by atoms with van der Waals surface area (Å²) in [6.07, 6.45) is 0. The minimum absolute atomic E-state index is 0.260. The summed E-state index contributed by atoms with van der Waals surface area (Å²) in [6.45, 7) is 0.537. The minimum Gasteiger partial charge on any atom is -0.478 e. The Morgan fingerprint density at radius 1 is 0.900 bits per heavy atom. The molecule has 1 heterocycles. The third kappa shape index (κ3) is 4.65. The lowest BCUT2D eigenvalue weighted by molar-refractivity contribution is 0.0697. The van der Waals surface area contributed by atoms with E-state index in [9.17, 15) is 4.79 Å². The topological polar surface area (TPSA) is 53.4 Å². The number of carbonyl (C=O) groups is 1. The number of thiazole rings is 1. The van der Waals surface area contributed by atoms with E-state index >= 15 is 0 Å². The molecule has 0 bridgehead atoms. The maximum Gasteiger partial charge on any atom is 0.335 e. The molecule has 0 aliphatic carbocycles. The van der Waals surface area contributed by atoms with Crippen LogP contribution >= 0.6 is 34.5 Å². The highest BCUT2D eigenvalue weighted by atomic mass is 35.5. The van der Waals surface area contributed by atoms with Crippen LogP contribution in [0.5, 0.6) is 0 Å². The van der Waals surface area contributed by atoms with Gasteiger partial charge in [0.05, 0.1) is 17.8 Å². The van der Waals surface area contributed by atoms with E-state index in [4.69, 9.17) is 33.3 Å². The molecule has 4 rings (SSSR count). The lowest BCUT2D eigenvalue weighted by Crippen LogP contribution is -2.16. The molecule has 0 unspecified atom stereocenters. The Labute approximate surface area is 188 Å². The van der Waals surface area contributed by atoms with Gasteiger partial charge in [-0.25, -0.2) is 9.78 Å². The Morgan fingerprint density at radius 2 is 1.50 bits per heavy atom. The fraction of sp³-hybridized carbons (Fsp3) is 0.0435. The van der Waals surface area contributed by atoms with E-state index in [-0.39, 0.29) is 5.56 Å². The SMILES string of the molecule is O=C(O)c1ccc(CN(c2ccc(Cl)cc2)c2nc(-c3ccc(Cl)cc3)cs2)cc1. The highest BCUT2D eigenvalue weighted by molar-refractivity contribution is 7.14. The van der Waals surface area contributed by atoms with E-state index < -0.39 is 5.97 Å². The van der Waals surface area contributed by atoms with Crippen molar-refractivity contribution in [2.24, 2.45) is 0 Å². The van der Waals surface area contributed by atoms with E-state index in [1.807, 2.05) is 66.0 Å². The van der Waals surface area contributed by atoms with Gasteiger partial charge < -0.3 is 10.0 Å². The van der Waals surface area contributed by atoms with Gasteiger partial charge in [0.25, 0.3) is 0 Å². The molecule has 7 heteroatoms. The third-order valence-electron chi connectivity index (χ3n) is 4.54. The molecule has 0 saturated heterocycles. The van der Waals surface area contributed by atoms with Gasteiger partial charge in [0.1, 0.15) is 0 Å². The van der Waals surface area contributed by atoms with Crippen molar-refractivity contribution in [3.8, 4) is 11.3 Å². The van der Waals surface area contributed by atoms with Crippen LogP contribution in [-0.4, -0.2) is 16.1 Å². The highest BCUT2D eigenvalue weighted by Crippen LogP contribution is 2.34. The van der Waals surface area contributed by atoms with Crippen molar-refractivity contribution >= 4 is 51.3 Å². The van der Waals surface area contributed by atoms with Gasteiger partial charge in [0, 0.05) is 26.7 Å². The fourth-order valence-electron chi connectivity index (χ4n) is 2.97. The number of hydrogen-bond donors (Lipinski definition) is 1. The number of anilines is 2. The molecule has 0 aliphatic rings. The van der Waals surface area contributed by atoms with Gasteiger partial charge in [0.2, 0.25) is 0 Å². The van der Waals surface area contributed by atoms with Crippen LogP contribution in [0.15, 0.2) is 78.2 Å². The number of aromatic nitrogens is 1. The number of nitrogens with zero attached hydrogens (tertiary/aromatic N) is 2. The average molecular weight is 455 g/mol. The summed E-state index contributed by atoms with van der Waals surface area (Å²) in [4.78, 5) is 18.0. The van der Waals surface area contributed by atoms with Crippen LogP contribution < -0.4 is 4.90 Å². The molecule has 3 aromatic carbocycles. The Balaban J connectivity index is 1.68. The first-order valence-corrected chi connectivity index (χ1v) is 10.7. The monoisotopic (exact) mass is 454 g/mol. The molecule has 0 saturated carbocycles. The van der Waals surface area contributed by atoms with Gasteiger partial charge in [-0.3, -0.25) is 0 Å². The molecule has 4 nitrogen and oxygen atoms in total. The normalized spacial score (nSPS) is 10.7. The summed E-state index contributed by atoms with van der Waals surface area (Å²) in [6, 6.07) is 22.0. The molecule has 0 fully saturated rings. The van der Waals surface area contributed by atoms with Gasteiger partial charge in [-0.15, -0.1) is 11.3 Å². The van der Waals surface area contributed by atoms with Crippen molar-refractivity contribution in [1.82, 2.24) is 4.98 Å². The second-order valence-electron chi connectivity index (χ2n) is 6.59. The molecule has 0 spiro atoms. The molecule has 0 aliphatic heterocycles. The van der Waals surface area contributed by atoms with Gasteiger partial charge in [0.15, 0.2) is 5.13 Å². The van der Waals surface area contributed by atoms with Crippen LogP contribution in [0, 0.1) is 0 Å². The van der Waals surface area contributed by atoms with Crippen LogP contribution in [0.2, 0.25) is 10.0 Å². The second-order valence-corrected chi connectivity index (χ2v) is 8.30. The Bertz CT molecular complexity index is 1160. The quantitative estimate of drug-likeness (QED) is 0.335. The maximum atomic E-state index is 11.1. The van der Waals surface area contributed by atoms with Gasteiger partial charge >= 0.3 is 5.97 Å². The van der Waals surface area contributed by atoms with Crippen LogP contribution in [0.4, 0.5) is 10.8 Å². The first kappa shape index (κ1) is 20.4. The molecule has 30 heavy (non-hydrogen) atoms. The largest absolute Gasteiger partial charge is 0.478 e. The molecule has 0 amide bonds. The number of hydrogen-bond acceptors (Lipinski definition) is 4. The van der Waals surface area contributed by atoms with E-state index in [1.165, 1.54) is 11.3 Å². The first-order chi connectivity index (χ1) is 14.5. The summed E-state index contributed by atoms with van der Waals surface area (Å²) in [5.41, 5.74) is 4.03. The standard InChI is InChI=1S/C23H16Cl2N2O2S/c24-18-7-5-16(6-8-18)21-14-30-23(26-21)27(20-11-9-19(25)10-12-20)13-15-1-3-17(4-2-15)22(28)29/h1-12,14H,13H2,(H,28,29). The third-order valence-corrected chi connectivity index (χ3v) is 5.91. The van der Waals surface area contributed by atoms with E-state index in [0.717, 1.165) is 27.6 Å². The smallest absolute Gasteiger partial charge is 0.335 e. The van der Waals surface area contributed by atoms with Crippen molar-refractivity contribution in [3.05, 3.63) is 99.3 Å². The summed E-state index contributed by atoms with van der Waals surface area (Å²) in [7, 11) is 0. The van der Waals surface area contributed by atoms with Crippen molar-refractivity contribution in [3.63, 3.8) is 0 Å². The minimum atomic E-state index is -0.941. The molecule has 1 aromatic heterocycles. The van der Waals surface area contributed by atoms with Crippen LogP contribution in [0.3, 0.4) is 0 Å². The van der Waals surface area contributed by atoms with E-state index in [1.54, 1.807) is 12.1 Å². The average Bonchev–Trinajstić information content (AvgIpc) is 3.23. The van der Waals surface area contributed by atoms with Crippen molar-refractivity contribution < 1.29 is 9.90 Å². The second kappa shape index (κ2) is 8.88. The number of benzene rings is 3. The molecule has 150 valence electrons. The highest BCUT2D eigenvalue weighted by Gasteiger charge is 2.16. The number of aromatic carboxylic acids is 1. The maximum absolute atomic E-state index is 11.1. The number of carboxylic acids is 1. The van der Waals surface area contributed by atoms with Gasteiger partial charge in [-0.05, 0) is 54.1 Å². The van der Waals surface area contributed by atoms with E-state index in [2.05, 4.69) is 4.90 Å². The van der Waals surface area contributed by atoms with E-state index in [0.29, 0.717) is 16.6 Å². The predicted octanol–water partition coefficient (Wildman–Crippen LogP) is 7.15. The fourth-order valence-corrected chi connectivity index (χ4v) is 4.07. The van der Waals surface area contributed by atoms with Crippen LogP contribution in [-0.2, 0) is 6.54 Å². The molecule has 0 atom stereocenters. The van der Waals surface area contributed by atoms with Crippen molar-refractivity contribution in [2.45, 2.75) is 6.54 Å². The number of halogens is 2. The lowest BCUT2D eigenvalue weighted by atomic mass is 10.1. The molecule has 1 N–H and O–H groups in total. The zero-order chi connectivity index (χ0) is 21.1. The van der Waals surface area contributed by atoms with Gasteiger partial charge in [-0.2, -0.15) is 0 Å². The zero-order valence-electron chi connectivity index (χ0n) is 15.6. The molecular weight excluding hydrogens is 439 g/mol. The lowest BCUT2D eigenvalue weighted by Gasteiger charge is -2.22. The number of carboxylic acid groups (broad SMARTS) is 1. The zero-order valence-corrected chi connectivity index (χ0v) is 18.0. The summed E-state index contributed by atoms with van der Waals surface area (Å²) >= 11 is 13.6. The molecule has 4 aromatic rings. The molecule has 0 radical (unpaired) electrons. The number of rotatable bonds is 6. The molecular formula is C23H16Cl2N2O2S. The summed E-state index contributed by atoms with van der Waals surface area (Å²) in [5.74, 6) is -0.941. The van der Waals surface area contributed by atoms with Gasteiger partial charge in [-0.1, -0.05) is 47.5 Å². The first-order valence-electron chi connectivity index (χ1n) is 9.06. The Morgan fingerprint density at radius 3 is 2.10 bits per heavy atom. The van der Waals surface area contributed by atoms with Crippen LogP contribution in [0.25, 0.3) is 11.3 Å². The van der Waals surface area contributed by atoms with Crippen LogP contribution in [0.1, 0.15) is 15.9 Å². The Kier molecular flexibility index (Phi) is 6.04. The summed E-state index contributed by atoms with van der Waals surface area (Å²) in [5, 5.41) is 13.3. The predicted molar refractivity (Wildman–Crippen MR) is 123 cm³/mol. The van der Waals surface area contributed by atoms with Crippen molar-refractivity contribution in [1.29, 1.82) is 0 Å². The summed E-state index contributed by atoms with van der Waals surface area (Å²) < 4.78 is 0. The van der Waals surface area contributed by atoms with Crippen molar-refractivity contribution in [2.75, 3.05) is 4.90 Å².